The summed E-state index contributed by atoms with van der Waals surface area (Å²) < 4.78 is 6.82. The van der Waals surface area contributed by atoms with Crippen LogP contribution in [0, 0.1) is 10.1 Å². The van der Waals surface area contributed by atoms with E-state index in [1.807, 2.05) is 12.1 Å². The van der Waals surface area contributed by atoms with Gasteiger partial charge in [0, 0.05) is 31.2 Å². The average molecular weight is 360 g/mol. The van der Waals surface area contributed by atoms with E-state index in [1.165, 1.54) is 15.7 Å². The van der Waals surface area contributed by atoms with E-state index in [0.29, 0.717) is 24.7 Å². The number of aromatic nitrogens is 3. The molecule has 0 bridgehead atoms. The Morgan fingerprint density at radius 3 is 2.92 bits per heavy atom. The van der Waals surface area contributed by atoms with Gasteiger partial charge in [-0.05, 0) is 16.6 Å². The molecular weight excluding hydrogens is 344 g/mol. The maximum Gasteiger partial charge on any atom is 0.372 e. The number of nitrogens with one attached hydrogen (secondary N) is 1. The number of anilines is 2. The van der Waals surface area contributed by atoms with Crippen LogP contribution in [0.25, 0.3) is 4.96 Å². The second-order valence-corrected chi connectivity index (χ2v) is 6.45. The summed E-state index contributed by atoms with van der Waals surface area (Å²) in [6, 6.07) is 3.93. The maximum atomic E-state index is 11.3. The van der Waals surface area contributed by atoms with Gasteiger partial charge in [0.15, 0.2) is 0 Å². The van der Waals surface area contributed by atoms with Crippen molar-refractivity contribution in [2.45, 2.75) is 6.54 Å². The SMILES string of the molecule is O=[N+]([O-])c1c(NCc2ccc(N3CCOCC3)nc2)nc2sccn12. The molecule has 4 rings (SSSR count). The molecule has 0 amide bonds. The topological polar surface area (TPSA) is 97.8 Å². The first kappa shape index (κ1) is 15.8. The van der Waals surface area contributed by atoms with Gasteiger partial charge in [-0.3, -0.25) is 0 Å². The van der Waals surface area contributed by atoms with Gasteiger partial charge >= 0.3 is 5.82 Å². The number of hydrogen-bond acceptors (Lipinski definition) is 8. The minimum atomic E-state index is -0.422. The molecule has 0 atom stereocenters. The summed E-state index contributed by atoms with van der Waals surface area (Å²) in [5.41, 5.74) is 0.933. The third kappa shape index (κ3) is 3.13. The van der Waals surface area contributed by atoms with Gasteiger partial charge in [-0.1, -0.05) is 17.4 Å². The highest BCUT2D eigenvalue weighted by Crippen LogP contribution is 2.28. The van der Waals surface area contributed by atoms with E-state index in [1.54, 1.807) is 17.8 Å². The standard InChI is InChI=1S/C15H16N6O3S/c22-21(23)14-13(18-15-20(14)5-8-25-15)17-10-11-1-2-12(16-9-11)19-3-6-24-7-4-19/h1-2,5,8-9,17H,3-4,6-7,10H2. The smallest absolute Gasteiger partial charge is 0.372 e. The van der Waals surface area contributed by atoms with Gasteiger partial charge in [-0.15, -0.1) is 0 Å². The van der Waals surface area contributed by atoms with Gasteiger partial charge in [0.25, 0.3) is 4.96 Å². The number of morpholine rings is 1. The number of ether oxygens (including phenoxy) is 1. The zero-order chi connectivity index (χ0) is 17.2. The van der Waals surface area contributed by atoms with Gasteiger partial charge in [0.2, 0.25) is 5.82 Å². The Morgan fingerprint density at radius 1 is 1.36 bits per heavy atom. The van der Waals surface area contributed by atoms with Gasteiger partial charge in [-0.25, -0.2) is 4.98 Å². The lowest BCUT2D eigenvalue weighted by Crippen LogP contribution is -2.36. The van der Waals surface area contributed by atoms with Crippen LogP contribution in [-0.2, 0) is 11.3 Å². The van der Waals surface area contributed by atoms with Crippen LogP contribution < -0.4 is 10.2 Å². The first-order valence-electron chi connectivity index (χ1n) is 7.84. The highest BCUT2D eigenvalue weighted by Gasteiger charge is 2.23. The molecule has 130 valence electrons. The van der Waals surface area contributed by atoms with Crippen LogP contribution in [0.2, 0.25) is 0 Å². The van der Waals surface area contributed by atoms with Crippen molar-refractivity contribution < 1.29 is 9.66 Å². The summed E-state index contributed by atoms with van der Waals surface area (Å²) in [4.78, 5) is 22.4. The van der Waals surface area contributed by atoms with E-state index in [4.69, 9.17) is 4.74 Å². The summed E-state index contributed by atoms with van der Waals surface area (Å²) >= 11 is 1.36. The predicted molar refractivity (Wildman–Crippen MR) is 94.3 cm³/mol. The molecule has 3 aromatic heterocycles. The maximum absolute atomic E-state index is 11.3. The lowest BCUT2D eigenvalue weighted by atomic mass is 10.2. The van der Waals surface area contributed by atoms with Crippen LogP contribution in [0.15, 0.2) is 29.9 Å². The van der Waals surface area contributed by atoms with Crippen LogP contribution in [0.5, 0.6) is 0 Å². The lowest BCUT2D eigenvalue weighted by molar-refractivity contribution is -0.389. The Kier molecular flexibility index (Phi) is 4.20. The number of imidazole rings is 1. The number of fused-ring (bicyclic) bond motifs is 1. The second kappa shape index (κ2) is 6.65. The van der Waals surface area contributed by atoms with Crippen LogP contribution >= 0.6 is 11.3 Å². The van der Waals surface area contributed by atoms with E-state index in [2.05, 4.69) is 20.2 Å². The average Bonchev–Trinajstić information content (AvgIpc) is 3.21. The quantitative estimate of drug-likeness (QED) is 0.550. The Balaban J connectivity index is 1.47. The molecule has 0 unspecified atom stereocenters. The van der Waals surface area contributed by atoms with Crippen molar-refractivity contribution in [3.8, 4) is 0 Å². The van der Waals surface area contributed by atoms with Crippen molar-refractivity contribution in [3.63, 3.8) is 0 Å². The fraction of sp³-hybridized carbons (Fsp3) is 0.333. The van der Waals surface area contributed by atoms with Gasteiger partial charge < -0.3 is 25.1 Å². The van der Waals surface area contributed by atoms with Gasteiger partial charge in [-0.2, -0.15) is 9.38 Å². The molecule has 0 aromatic carbocycles. The number of nitrogens with zero attached hydrogens (tertiary/aromatic N) is 5. The molecule has 1 saturated heterocycles. The van der Waals surface area contributed by atoms with Crippen molar-refractivity contribution in [2.24, 2.45) is 0 Å². The fourth-order valence-electron chi connectivity index (χ4n) is 2.75. The summed E-state index contributed by atoms with van der Waals surface area (Å²) in [5.74, 6) is 1.14. The summed E-state index contributed by atoms with van der Waals surface area (Å²) in [6.45, 7) is 3.52. The molecule has 1 aliphatic rings. The minimum Gasteiger partial charge on any atom is -0.378 e. The first-order valence-corrected chi connectivity index (χ1v) is 8.72. The van der Waals surface area contributed by atoms with Crippen LogP contribution in [0.1, 0.15) is 5.56 Å². The number of thiazole rings is 1. The van der Waals surface area contributed by atoms with Crippen LogP contribution in [-0.4, -0.2) is 45.6 Å². The summed E-state index contributed by atoms with van der Waals surface area (Å²) in [7, 11) is 0. The molecule has 10 heteroatoms. The number of hydrogen-bond donors (Lipinski definition) is 1. The van der Waals surface area contributed by atoms with E-state index < -0.39 is 4.92 Å². The molecule has 0 radical (unpaired) electrons. The second-order valence-electron chi connectivity index (χ2n) is 5.57. The zero-order valence-corrected chi connectivity index (χ0v) is 14.1. The largest absolute Gasteiger partial charge is 0.378 e. The normalized spacial score (nSPS) is 14.8. The molecule has 1 aliphatic heterocycles. The molecule has 1 fully saturated rings. The first-order chi connectivity index (χ1) is 12.2. The lowest BCUT2D eigenvalue weighted by Gasteiger charge is -2.27. The molecule has 0 saturated carbocycles. The number of rotatable bonds is 5. The minimum absolute atomic E-state index is 0.0471. The van der Waals surface area contributed by atoms with E-state index >= 15 is 0 Å². The third-order valence-electron chi connectivity index (χ3n) is 4.01. The predicted octanol–water partition coefficient (Wildman–Crippen LogP) is 2.15. The van der Waals surface area contributed by atoms with Crippen LogP contribution in [0.3, 0.4) is 0 Å². The van der Waals surface area contributed by atoms with Crippen molar-refractivity contribution in [2.75, 3.05) is 36.5 Å². The highest BCUT2D eigenvalue weighted by atomic mass is 32.1. The molecule has 9 nitrogen and oxygen atoms in total. The summed E-state index contributed by atoms with van der Waals surface area (Å²) in [6.07, 6.45) is 3.43. The Bertz CT molecular complexity index is 884. The molecule has 3 aromatic rings. The molecule has 4 heterocycles. The van der Waals surface area contributed by atoms with Crippen LogP contribution in [0.4, 0.5) is 17.5 Å². The summed E-state index contributed by atoms with van der Waals surface area (Å²) in [5, 5.41) is 16.1. The zero-order valence-electron chi connectivity index (χ0n) is 13.3. The van der Waals surface area contributed by atoms with Gasteiger partial charge in [0.1, 0.15) is 12.0 Å². The van der Waals surface area contributed by atoms with Gasteiger partial charge in [0.05, 0.1) is 13.2 Å². The molecule has 1 N–H and O–H groups in total. The van der Waals surface area contributed by atoms with Crippen molar-refractivity contribution in [3.05, 3.63) is 45.6 Å². The third-order valence-corrected chi connectivity index (χ3v) is 4.77. The Morgan fingerprint density at radius 2 is 2.20 bits per heavy atom. The number of nitro groups is 1. The Labute approximate surface area is 147 Å². The molecular formula is C15H16N6O3S. The fourth-order valence-corrected chi connectivity index (χ4v) is 3.46. The Hall–Kier alpha value is -2.72. The molecule has 0 spiro atoms. The van der Waals surface area contributed by atoms with E-state index in [9.17, 15) is 10.1 Å². The van der Waals surface area contributed by atoms with E-state index in [0.717, 1.165) is 24.5 Å². The number of pyridine rings is 1. The van der Waals surface area contributed by atoms with E-state index in [-0.39, 0.29) is 11.6 Å². The molecule has 25 heavy (non-hydrogen) atoms. The van der Waals surface area contributed by atoms with Crippen molar-refractivity contribution in [1.82, 2.24) is 14.4 Å². The molecule has 0 aliphatic carbocycles. The van der Waals surface area contributed by atoms with Crippen molar-refractivity contribution >= 4 is 33.8 Å². The monoisotopic (exact) mass is 360 g/mol. The highest BCUT2D eigenvalue weighted by molar-refractivity contribution is 7.15. The van der Waals surface area contributed by atoms with Crippen molar-refractivity contribution in [1.29, 1.82) is 0 Å².